The van der Waals surface area contributed by atoms with Crippen LogP contribution in [0, 0.1) is 0 Å². The molecule has 2 rings (SSSR count). The molecule has 0 spiro atoms. The third-order valence-corrected chi connectivity index (χ3v) is 3.06. The van der Waals surface area contributed by atoms with E-state index in [9.17, 15) is 4.79 Å². The molecular weight excluding hydrogens is 258 g/mol. The van der Waals surface area contributed by atoms with E-state index in [0.29, 0.717) is 0 Å². The van der Waals surface area contributed by atoms with Gasteiger partial charge in [0, 0.05) is 13.2 Å². The Bertz CT molecular complexity index is 574. The van der Waals surface area contributed by atoms with Crippen molar-refractivity contribution in [1.29, 1.82) is 0 Å². The van der Waals surface area contributed by atoms with Gasteiger partial charge in [-0.25, -0.2) is 4.79 Å². The van der Waals surface area contributed by atoms with Crippen LogP contribution in [0.1, 0.15) is 34.8 Å². The molecule has 1 atom stereocenters. The number of aromatic nitrogens is 2. The Balaban J connectivity index is 1.83. The number of aryl methyl sites for hydroxylation is 1. The second kappa shape index (κ2) is 6.38. The lowest BCUT2D eigenvalue weighted by atomic mass is 10.2. The summed E-state index contributed by atoms with van der Waals surface area (Å²) < 4.78 is 11.8. The van der Waals surface area contributed by atoms with Crippen LogP contribution >= 0.6 is 0 Å². The second-order valence-electron chi connectivity index (χ2n) is 4.64. The van der Waals surface area contributed by atoms with Gasteiger partial charge in [0.25, 0.3) is 0 Å². The van der Waals surface area contributed by atoms with Crippen LogP contribution in [-0.4, -0.2) is 29.4 Å². The lowest BCUT2D eigenvalue weighted by molar-refractivity contribution is 0.0562. The van der Waals surface area contributed by atoms with Crippen molar-refractivity contribution in [3.05, 3.63) is 41.6 Å². The van der Waals surface area contributed by atoms with Gasteiger partial charge in [-0.15, -0.1) is 0 Å². The van der Waals surface area contributed by atoms with Crippen LogP contribution in [0.4, 0.5) is 0 Å². The summed E-state index contributed by atoms with van der Waals surface area (Å²) in [4.78, 5) is 11.3. The zero-order chi connectivity index (χ0) is 14.5. The molecule has 2 aromatic heterocycles. The van der Waals surface area contributed by atoms with Crippen molar-refractivity contribution in [3.63, 3.8) is 0 Å². The summed E-state index contributed by atoms with van der Waals surface area (Å²) in [6, 6.07) is 3.44. The summed E-state index contributed by atoms with van der Waals surface area (Å²) in [6.07, 6.45) is 4.74. The summed E-state index contributed by atoms with van der Waals surface area (Å²) in [5, 5.41) is 7.47. The van der Waals surface area contributed by atoms with Crippen molar-refractivity contribution in [2.24, 2.45) is 7.05 Å². The van der Waals surface area contributed by atoms with Crippen molar-refractivity contribution in [3.8, 4) is 0 Å². The largest absolute Gasteiger partial charge is 0.463 e. The second-order valence-corrected chi connectivity index (χ2v) is 4.64. The third-order valence-electron chi connectivity index (χ3n) is 3.06. The number of methoxy groups -OCH3 is 1. The van der Waals surface area contributed by atoms with E-state index in [0.717, 1.165) is 18.7 Å². The summed E-state index contributed by atoms with van der Waals surface area (Å²) in [7, 11) is 3.23. The van der Waals surface area contributed by atoms with Gasteiger partial charge in [0.15, 0.2) is 0 Å². The van der Waals surface area contributed by atoms with Gasteiger partial charge in [-0.2, -0.15) is 5.10 Å². The summed E-state index contributed by atoms with van der Waals surface area (Å²) >= 11 is 0. The van der Waals surface area contributed by atoms with Crippen molar-refractivity contribution in [2.45, 2.75) is 19.4 Å². The fourth-order valence-corrected chi connectivity index (χ4v) is 1.93. The predicted octanol–water partition coefficient (Wildman–Crippen LogP) is 1.69. The molecule has 0 aliphatic heterocycles. The zero-order valence-electron chi connectivity index (χ0n) is 11.9. The van der Waals surface area contributed by atoms with Gasteiger partial charge in [-0.3, -0.25) is 4.68 Å². The first-order valence-electron chi connectivity index (χ1n) is 6.49. The van der Waals surface area contributed by atoms with Crippen molar-refractivity contribution in [2.75, 3.05) is 13.7 Å². The molecule has 0 radical (unpaired) electrons. The smallest absolute Gasteiger partial charge is 0.373 e. The van der Waals surface area contributed by atoms with Crippen molar-refractivity contribution < 1.29 is 13.9 Å². The fraction of sp³-hybridized carbons (Fsp3) is 0.429. The normalized spacial score (nSPS) is 12.3. The molecule has 0 aliphatic carbocycles. The number of nitrogens with one attached hydrogen (secondary N) is 1. The van der Waals surface area contributed by atoms with Crippen LogP contribution in [0.25, 0.3) is 0 Å². The third kappa shape index (κ3) is 3.48. The zero-order valence-corrected chi connectivity index (χ0v) is 11.9. The number of nitrogens with zero attached hydrogens (tertiary/aromatic N) is 2. The Labute approximate surface area is 117 Å². The molecular formula is C14H19N3O3. The van der Waals surface area contributed by atoms with Gasteiger partial charge in [-0.05, 0) is 37.6 Å². The molecule has 20 heavy (non-hydrogen) atoms. The van der Waals surface area contributed by atoms with E-state index in [-0.39, 0.29) is 11.8 Å². The van der Waals surface area contributed by atoms with Gasteiger partial charge in [0.2, 0.25) is 5.76 Å². The number of carbonyl (C=O) groups is 1. The van der Waals surface area contributed by atoms with E-state index in [1.165, 1.54) is 12.7 Å². The maximum absolute atomic E-state index is 11.3. The molecule has 1 unspecified atom stereocenters. The van der Waals surface area contributed by atoms with Gasteiger partial charge < -0.3 is 14.5 Å². The molecule has 6 nitrogen and oxygen atoms in total. The average Bonchev–Trinajstić information content (AvgIpc) is 3.07. The number of ether oxygens (including phenoxy) is 1. The van der Waals surface area contributed by atoms with Crippen LogP contribution in [0.3, 0.4) is 0 Å². The molecule has 0 aromatic carbocycles. The number of carbonyl (C=O) groups excluding carboxylic acids is 1. The van der Waals surface area contributed by atoms with Crippen molar-refractivity contribution in [1.82, 2.24) is 15.1 Å². The van der Waals surface area contributed by atoms with E-state index in [4.69, 9.17) is 4.42 Å². The molecule has 2 aromatic rings. The quantitative estimate of drug-likeness (QED) is 0.814. The van der Waals surface area contributed by atoms with Gasteiger partial charge in [-0.1, -0.05) is 0 Å². The molecule has 2 heterocycles. The number of hydrogen-bond acceptors (Lipinski definition) is 5. The highest BCUT2D eigenvalue weighted by Crippen LogP contribution is 2.16. The maximum atomic E-state index is 11.3. The molecule has 6 heteroatoms. The Hall–Kier alpha value is -2.08. The molecule has 0 fully saturated rings. The number of furan rings is 1. The number of hydrogen-bond donors (Lipinski definition) is 1. The minimum atomic E-state index is -0.459. The first-order valence-corrected chi connectivity index (χ1v) is 6.49. The highest BCUT2D eigenvalue weighted by atomic mass is 16.5. The summed E-state index contributed by atoms with van der Waals surface area (Å²) in [5.74, 6) is 0.485. The standard InChI is InChI=1S/C14H19N3O3/c1-10(12-4-5-13(20-12)14(18)19-3)15-7-6-11-8-16-17(2)9-11/h4-5,8-10,15H,6-7H2,1-3H3. The van der Waals surface area contributed by atoms with Gasteiger partial charge in [0.1, 0.15) is 5.76 Å². The molecule has 0 saturated carbocycles. The van der Waals surface area contributed by atoms with E-state index in [1.807, 2.05) is 26.4 Å². The van der Waals surface area contributed by atoms with Crippen LogP contribution in [-0.2, 0) is 18.2 Å². The Morgan fingerprint density at radius 1 is 1.55 bits per heavy atom. The minimum Gasteiger partial charge on any atom is -0.463 e. The van der Waals surface area contributed by atoms with Gasteiger partial charge in [0.05, 0.1) is 19.3 Å². The van der Waals surface area contributed by atoms with Crippen LogP contribution < -0.4 is 5.32 Å². The van der Waals surface area contributed by atoms with E-state index >= 15 is 0 Å². The Morgan fingerprint density at radius 3 is 3.00 bits per heavy atom. The Kier molecular flexibility index (Phi) is 4.57. The first-order chi connectivity index (χ1) is 9.60. The van der Waals surface area contributed by atoms with E-state index in [1.54, 1.807) is 16.8 Å². The van der Waals surface area contributed by atoms with Crippen LogP contribution in [0.5, 0.6) is 0 Å². The SMILES string of the molecule is COC(=O)c1ccc(C(C)NCCc2cnn(C)c2)o1. The highest BCUT2D eigenvalue weighted by Gasteiger charge is 2.14. The lowest BCUT2D eigenvalue weighted by Gasteiger charge is -2.10. The van der Waals surface area contributed by atoms with Crippen LogP contribution in [0.15, 0.2) is 28.9 Å². The topological polar surface area (TPSA) is 69.3 Å². The Morgan fingerprint density at radius 2 is 2.35 bits per heavy atom. The van der Waals surface area contributed by atoms with Crippen molar-refractivity contribution >= 4 is 5.97 Å². The molecule has 1 N–H and O–H groups in total. The molecule has 0 bridgehead atoms. The van der Waals surface area contributed by atoms with E-state index in [2.05, 4.69) is 15.2 Å². The van der Waals surface area contributed by atoms with Crippen LogP contribution in [0.2, 0.25) is 0 Å². The number of rotatable bonds is 6. The maximum Gasteiger partial charge on any atom is 0.373 e. The average molecular weight is 277 g/mol. The molecule has 0 aliphatic rings. The number of esters is 1. The van der Waals surface area contributed by atoms with Gasteiger partial charge >= 0.3 is 5.97 Å². The summed E-state index contributed by atoms with van der Waals surface area (Å²) in [6.45, 7) is 2.80. The molecule has 0 saturated heterocycles. The lowest BCUT2D eigenvalue weighted by Crippen LogP contribution is -2.20. The predicted molar refractivity (Wildman–Crippen MR) is 73.4 cm³/mol. The monoisotopic (exact) mass is 277 g/mol. The molecule has 0 amide bonds. The van der Waals surface area contributed by atoms with E-state index < -0.39 is 5.97 Å². The fourth-order valence-electron chi connectivity index (χ4n) is 1.93. The highest BCUT2D eigenvalue weighted by molar-refractivity contribution is 5.86. The summed E-state index contributed by atoms with van der Waals surface area (Å²) in [5.41, 5.74) is 1.18. The molecule has 108 valence electrons. The first kappa shape index (κ1) is 14.3. The minimum absolute atomic E-state index is 0.0325.